The monoisotopic (exact) mass is 424 g/mol. The predicted molar refractivity (Wildman–Crippen MR) is 109 cm³/mol. The van der Waals surface area contributed by atoms with Crippen molar-refractivity contribution in [1.82, 2.24) is 10.3 Å². The first-order valence-corrected chi connectivity index (χ1v) is 9.37. The third kappa shape index (κ3) is 2.86. The fourth-order valence-corrected chi connectivity index (χ4v) is 3.85. The highest BCUT2D eigenvalue weighted by Crippen LogP contribution is 2.40. The molecule has 0 spiro atoms. The summed E-state index contributed by atoms with van der Waals surface area (Å²) in [5.74, 6) is -0.113. The lowest BCUT2D eigenvalue weighted by atomic mass is 9.97. The zero-order chi connectivity index (χ0) is 19.1. The van der Waals surface area contributed by atoms with Gasteiger partial charge in [-0.2, -0.15) is 0 Å². The van der Waals surface area contributed by atoms with E-state index in [1.165, 1.54) is 0 Å². The van der Waals surface area contributed by atoms with E-state index in [-0.39, 0.29) is 4.48 Å². The lowest BCUT2D eigenvalue weighted by Gasteiger charge is -2.08. The molecular formula is C21H17BrN2O3. The highest BCUT2D eigenvalue weighted by atomic mass is 79.9. The molecule has 0 radical (unpaired) electrons. The van der Waals surface area contributed by atoms with Gasteiger partial charge in [0.05, 0.1) is 22.9 Å². The Kier molecular flexibility index (Phi) is 4.36. The lowest BCUT2D eigenvalue weighted by Crippen LogP contribution is -2.22. The van der Waals surface area contributed by atoms with Gasteiger partial charge in [0, 0.05) is 22.0 Å². The Labute approximate surface area is 164 Å². The highest BCUT2D eigenvalue weighted by molar-refractivity contribution is 9.12. The van der Waals surface area contributed by atoms with Gasteiger partial charge in [-0.1, -0.05) is 25.1 Å². The molecule has 0 saturated heterocycles. The van der Waals surface area contributed by atoms with Crippen LogP contribution >= 0.6 is 15.9 Å². The van der Waals surface area contributed by atoms with Gasteiger partial charge in [-0.15, -0.1) is 0 Å². The molecule has 5 nitrogen and oxygen atoms in total. The molecule has 0 unspecified atom stereocenters. The minimum atomic E-state index is -0.424. The number of amides is 2. The van der Waals surface area contributed by atoms with Crippen molar-refractivity contribution in [2.45, 2.75) is 13.3 Å². The fraction of sp³-hybridized carbons (Fsp3) is 0.143. The number of halogens is 1. The summed E-state index contributed by atoms with van der Waals surface area (Å²) in [5.41, 5.74) is 4.76. The van der Waals surface area contributed by atoms with E-state index >= 15 is 0 Å². The molecule has 0 saturated carbocycles. The maximum Gasteiger partial charge on any atom is 0.265 e. The molecule has 0 atom stereocenters. The Bertz CT molecular complexity index is 1130. The summed E-state index contributed by atoms with van der Waals surface area (Å²) in [6, 6.07) is 13.7. The lowest BCUT2D eigenvalue weighted by molar-refractivity contribution is -0.123. The second-order valence-corrected chi connectivity index (χ2v) is 7.11. The quantitative estimate of drug-likeness (QED) is 0.617. The van der Waals surface area contributed by atoms with Crippen LogP contribution in [0.1, 0.15) is 18.1 Å². The van der Waals surface area contributed by atoms with Crippen molar-refractivity contribution in [3.63, 3.8) is 0 Å². The van der Waals surface area contributed by atoms with E-state index in [0.717, 1.165) is 34.1 Å². The van der Waals surface area contributed by atoms with E-state index < -0.39 is 11.8 Å². The largest absolute Gasteiger partial charge is 0.497 e. The van der Waals surface area contributed by atoms with Crippen LogP contribution in [0.4, 0.5) is 0 Å². The highest BCUT2D eigenvalue weighted by Gasteiger charge is 2.33. The number of hydrogen-bond donors (Lipinski definition) is 2. The van der Waals surface area contributed by atoms with E-state index in [4.69, 9.17) is 4.74 Å². The van der Waals surface area contributed by atoms with Gasteiger partial charge in [0.2, 0.25) is 0 Å². The number of methoxy groups -OCH3 is 1. The van der Waals surface area contributed by atoms with Crippen molar-refractivity contribution in [3.05, 3.63) is 58.1 Å². The Morgan fingerprint density at radius 1 is 1.07 bits per heavy atom. The second kappa shape index (κ2) is 6.70. The maximum atomic E-state index is 12.5. The van der Waals surface area contributed by atoms with Crippen LogP contribution < -0.4 is 10.1 Å². The molecule has 4 rings (SSSR count). The molecule has 1 aliphatic heterocycles. The average molecular weight is 425 g/mol. The molecular weight excluding hydrogens is 408 g/mol. The Hall–Kier alpha value is -2.86. The molecule has 3 aromatic rings. The summed E-state index contributed by atoms with van der Waals surface area (Å²) in [4.78, 5) is 28.0. The van der Waals surface area contributed by atoms with Crippen LogP contribution in [-0.4, -0.2) is 23.9 Å². The minimum Gasteiger partial charge on any atom is -0.497 e. The first kappa shape index (κ1) is 17.5. The van der Waals surface area contributed by atoms with Crippen LogP contribution in [0.3, 0.4) is 0 Å². The van der Waals surface area contributed by atoms with Crippen molar-refractivity contribution in [2.24, 2.45) is 0 Å². The van der Waals surface area contributed by atoms with Gasteiger partial charge in [-0.25, -0.2) is 0 Å². The number of rotatable bonds is 4. The minimum absolute atomic E-state index is 0.249. The normalized spacial score (nSPS) is 14.2. The summed E-state index contributed by atoms with van der Waals surface area (Å²) in [6.07, 6.45) is 0.875. The first-order chi connectivity index (χ1) is 13.0. The number of benzene rings is 2. The molecule has 1 aromatic heterocycles. The van der Waals surface area contributed by atoms with Gasteiger partial charge in [0.1, 0.15) is 5.75 Å². The number of imide groups is 1. The van der Waals surface area contributed by atoms with Crippen molar-refractivity contribution < 1.29 is 14.3 Å². The van der Waals surface area contributed by atoms with Gasteiger partial charge < -0.3 is 9.72 Å². The summed E-state index contributed by atoms with van der Waals surface area (Å²) in [6.45, 7) is 2.08. The van der Waals surface area contributed by atoms with Crippen LogP contribution in [0.5, 0.6) is 5.75 Å². The van der Waals surface area contributed by atoms with Crippen molar-refractivity contribution in [1.29, 1.82) is 0 Å². The first-order valence-electron chi connectivity index (χ1n) is 8.58. The van der Waals surface area contributed by atoms with Gasteiger partial charge in [-0.05, 0) is 52.2 Å². The number of H-pyrrole nitrogens is 1. The number of hydrogen-bond acceptors (Lipinski definition) is 3. The number of carbonyl (C=O) groups excluding carboxylic acids is 2. The smallest absolute Gasteiger partial charge is 0.265 e. The van der Waals surface area contributed by atoms with Gasteiger partial charge >= 0.3 is 0 Å². The average Bonchev–Trinajstić information content (AvgIpc) is 3.17. The number of aromatic amines is 1. The third-order valence-corrected chi connectivity index (χ3v) is 5.51. The molecule has 0 fully saturated rings. The Balaban J connectivity index is 2.07. The SMILES string of the molecule is CCc1ccc2[nH]c(-c3cccc(OC)c3)c(C3=C(Br)C(=O)NC3=O)c2c1. The molecule has 0 aliphatic carbocycles. The summed E-state index contributed by atoms with van der Waals surface area (Å²) in [5, 5.41) is 3.27. The zero-order valence-corrected chi connectivity index (χ0v) is 16.4. The number of ether oxygens (including phenoxy) is 1. The second-order valence-electron chi connectivity index (χ2n) is 6.31. The molecule has 2 aromatic carbocycles. The molecule has 2 amide bonds. The van der Waals surface area contributed by atoms with Crippen LogP contribution in [-0.2, 0) is 16.0 Å². The maximum absolute atomic E-state index is 12.5. The van der Waals surface area contributed by atoms with Crippen LogP contribution in [0.25, 0.3) is 27.7 Å². The topological polar surface area (TPSA) is 71.2 Å². The van der Waals surface area contributed by atoms with E-state index in [0.29, 0.717) is 16.9 Å². The van der Waals surface area contributed by atoms with E-state index in [9.17, 15) is 9.59 Å². The predicted octanol–water partition coefficient (Wildman–Crippen LogP) is 4.17. The van der Waals surface area contributed by atoms with Crippen molar-refractivity contribution in [3.8, 4) is 17.0 Å². The number of carbonyl (C=O) groups is 2. The molecule has 1 aliphatic rings. The molecule has 6 heteroatoms. The molecule has 2 heterocycles. The molecule has 27 heavy (non-hydrogen) atoms. The van der Waals surface area contributed by atoms with E-state index in [1.54, 1.807) is 7.11 Å². The van der Waals surface area contributed by atoms with Crippen LogP contribution in [0.2, 0.25) is 0 Å². The summed E-state index contributed by atoms with van der Waals surface area (Å²) >= 11 is 3.30. The number of nitrogens with one attached hydrogen (secondary N) is 2. The van der Waals surface area contributed by atoms with Gasteiger partial charge in [0.25, 0.3) is 11.8 Å². The van der Waals surface area contributed by atoms with Crippen molar-refractivity contribution >= 4 is 44.2 Å². The van der Waals surface area contributed by atoms with Crippen molar-refractivity contribution in [2.75, 3.05) is 7.11 Å². The number of aromatic nitrogens is 1. The van der Waals surface area contributed by atoms with E-state index in [2.05, 4.69) is 45.3 Å². The zero-order valence-electron chi connectivity index (χ0n) is 14.9. The number of fused-ring (bicyclic) bond motifs is 1. The van der Waals surface area contributed by atoms with E-state index in [1.807, 2.05) is 30.3 Å². The molecule has 136 valence electrons. The Morgan fingerprint density at radius 2 is 1.89 bits per heavy atom. The fourth-order valence-electron chi connectivity index (χ4n) is 3.37. The van der Waals surface area contributed by atoms with Crippen LogP contribution in [0, 0.1) is 0 Å². The summed E-state index contributed by atoms with van der Waals surface area (Å²) in [7, 11) is 1.61. The number of aryl methyl sites for hydroxylation is 1. The van der Waals surface area contributed by atoms with Gasteiger partial charge in [0.15, 0.2) is 0 Å². The van der Waals surface area contributed by atoms with Gasteiger partial charge in [-0.3, -0.25) is 14.9 Å². The Morgan fingerprint density at radius 3 is 2.56 bits per heavy atom. The molecule has 2 N–H and O–H groups in total. The third-order valence-electron chi connectivity index (χ3n) is 4.75. The summed E-state index contributed by atoms with van der Waals surface area (Å²) < 4.78 is 5.59. The van der Waals surface area contributed by atoms with Crippen LogP contribution in [0.15, 0.2) is 46.9 Å². The molecule has 0 bridgehead atoms. The standard InChI is InChI=1S/C21H17BrN2O3/c1-3-11-7-8-15-14(9-11)16(17-18(22)21(26)24-20(17)25)19(23-15)12-5-4-6-13(10-12)27-2/h4-10,23H,3H2,1-2H3,(H,24,25,26).